The number of ether oxygens (including phenoxy) is 1. The van der Waals surface area contributed by atoms with Crippen molar-refractivity contribution in [2.45, 2.75) is 38.7 Å². The van der Waals surface area contributed by atoms with Gasteiger partial charge in [0.2, 0.25) is 5.91 Å². The Balaban J connectivity index is 1.31. The number of hydrogen-bond acceptors (Lipinski definition) is 6. The predicted molar refractivity (Wildman–Crippen MR) is 111 cm³/mol. The highest BCUT2D eigenvalue weighted by molar-refractivity contribution is 6.21. The van der Waals surface area contributed by atoms with Gasteiger partial charge in [-0.15, -0.1) is 0 Å². The largest absolute Gasteiger partial charge is 0.488 e. The van der Waals surface area contributed by atoms with E-state index in [4.69, 9.17) is 4.74 Å². The van der Waals surface area contributed by atoms with E-state index in [9.17, 15) is 4.79 Å². The van der Waals surface area contributed by atoms with Gasteiger partial charge in [0.15, 0.2) is 0 Å². The van der Waals surface area contributed by atoms with Gasteiger partial charge < -0.3 is 14.5 Å². The summed E-state index contributed by atoms with van der Waals surface area (Å²) in [6.07, 6.45) is 4.37. The number of carbonyl (C=O) groups is 1. The summed E-state index contributed by atoms with van der Waals surface area (Å²) in [6.45, 7) is 7.07. The van der Waals surface area contributed by atoms with E-state index < -0.39 is 0 Å². The topological polar surface area (TPSA) is 70.9 Å². The molecule has 150 valence electrons. The number of piperazine rings is 1. The zero-order valence-corrected chi connectivity index (χ0v) is 16.9. The maximum absolute atomic E-state index is 11.9. The van der Waals surface area contributed by atoms with Crippen molar-refractivity contribution >= 4 is 23.1 Å². The van der Waals surface area contributed by atoms with Crippen molar-refractivity contribution in [3.05, 3.63) is 41.9 Å². The van der Waals surface area contributed by atoms with Gasteiger partial charge in [0, 0.05) is 44.2 Å². The third-order valence-corrected chi connectivity index (χ3v) is 5.93. The smallest absolute Gasteiger partial charge is 0.222 e. The molecule has 0 N–H and O–H groups in total. The molecule has 3 heterocycles. The number of anilines is 1. The average molecular weight is 391 g/mol. The Hall–Kier alpha value is -2.96. The lowest BCUT2D eigenvalue weighted by molar-refractivity contribution is -0.131. The predicted octanol–water partition coefficient (Wildman–Crippen LogP) is 2.95. The van der Waals surface area contributed by atoms with Crippen molar-refractivity contribution in [2.75, 3.05) is 31.1 Å². The fourth-order valence-electron chi connectivity index (χ4n) is 3.81. The van der Waals surface area contributed by atoms with Crippen LogP contribution < -0.4 is 9.64 Å². The Bertz CT molecular complexity index is 990. The van der Waals surface area contributed by atoms with Gasteiger partial charge in [-0.2, -0.15) is 0 Å². The van der Waals surface area contributed by atoms with Crippen LogP contribution in [-0.4, -0.2) is 58.3 Å². The molecule has 1 saturated carbocycles. The summed E-state index contributed by atoms with van der Waals surface area (Å²) in [6, 6.07) is 8.06. The summed E-state index contributed by atoms with van der Waals surface area (Å²) in [7, 11) is 0. The molecule has 1 aromatic carbocycles. The average Bonchev–Trinajstić information content (AvgIpc) is 3.46. The molecule has 7 heteroatoms. The summed E-state index contributed by atoms with van der Waals surface area (Å²) in [5.41, 5.74) is 3.76. The lowest BCUT2D eigenvalue weighted by Crippen LogP contribution is -2.48. The standard InChI is InChI=1S/C22H25N5O2/c1-3-20(28)27-10-8-26(9-11-27)19-13-18(23-14-24-19)21-16-12-15(4-5-17(16)25-21)29-22(2)6-7-22/h4-5,12-14H,3,6-11H2,1-2H3. The van der Waals surface area contributed by atoms with Crippen LogP contribution in [0.2, 0.25) is 0 Å². The summed E-state index contributed by atoms with van der Waals surface area (Å²) in [4.78, 5) is 29.6. The van der Waals surface area contributed by atoms with E-state index in [1.165, 1.54) is 0 Å². The number of rotatable bonds is 5. The quantitative estimate of drug-likeness (QED) is 0.669. The Morgan fingerprint density at radius 3 is 2.66 bits per heavy atom. The number of amides is 1. The Kier molecular flexibility index (Phi) is 4.26. The van der Waals surface area contributed by atoms with E-state index in [1.54, 1.807) is 6.33 Å². The van der Waals surface area contributed by atoms with E-state index >= 15 is 0 Å². The van der Waals surface area contributed by atoms with Gasteiger partial charge in [-0.1, -0.05) is 6.92 Å². The number of aliphatic imine (C=N–C) groups is 1. The van der Waals surface area contributed by atoms with Crippen LogP contribution in [0.4, 0.5) is 11.5 Å². The highest BCUT2D eigenvalue weighted by Gasteiger charge is 2.40. The third-order valence-electron chi connectivity index (χ3n) is 5.93. The van der Waals surface area contributed by atoms with Crippen LogP contribution in [0.1, 0.15) is 44.4 Å². The second-order valence-corrected chi connectivity index (χ2v) is 8.17. The first-order valence-electron chi connectivity index (χ1n) is 10.3. The van der Waals surface area contributed by atoms with Crippen molar-refractivity contribution in [1.29, 1.82) is 0 Å². The summed E-state index contributed by atoms with van der Waals surface area (Å²) < 4.78 is 6.10. The minimum Gasteiger partial charge on any atom is -0.488 e. The molecule has 0 spiro atoms. The van der Waals surface area contributed by atoms with E-state index in [0.29, 0.717) is 6.42 Å². The number of benzene rings is 1. The minimum absolute atomic E-state index is 0.00131. The first-order valence-corrected chi connectivity index (χ1v) is 10.3. The maximum atomic E-state index is 11.9. The van der Waals surface area contributed by atoms with Crippen LogP contribution in [0.5, 0.6) is 5.75 Å². The SMILES string of the molecule is CCC(=O)N1CCN(c2cc(C3=Nc4ccc(OC5(C)CC5)cc43)ncn2)CC1. The summed E-state index contributed by atoms with van der Waals surface area (Å²) >= 11 is 0. The van der Waals surface area contributed by atoms with Gasteiger partial charge in [-0.25, -0.2) is 15.0 Å². The molecule has 0 atom stereocenters. The van der Waals surface area contributed by atoms with E-state index in [0.717, 1.165) is 73.2 Å². The van der Waals surface area contributed by atoms with Crippen molar-refractivity contribution in [1.82, 2.24) is 14.9 Å². The van der Waals surface area contributed by atoms with Crippen molar-refractivity contribution < 1.29 is 9.53 Å². The molecule has 1 amide bonds. The molecule has 29 heavy (non-hydrogen) atoms. The van der Waals surface area contributed by atoms with Crippen molar-refractivity contribution in [3.8, 4) is 5.75 Å². The van der Waals surface area contributed by atoms with Crippen LogP contribution in [0.25, 0.3) is 0 Å². The zero-order chi connectivity index (χ0) is 20.0. The van der Waals surface area contributed by atoms with Crippen molar-refractivity contribution in [2.24, 2.45) is 4.99 Å². The fraction of sp³-hybridized carbons (Fsp3) is 0.455. The normalized spacial score (nSPS) is 19.2. The van der Waals surface area contributed by atoms with Crippen LogP contribution >= 0.6 is 0 Å². The monoisotopic (exact) mass is 391 g/mol. The molecule has 1 aliphatic carbocycles. The molecular weight excluding hydrogens is 366 g/mol. The molecule has 0 radical (unpaired) electrons. The molecule has 0 bridgehead atoms. The molecule has 2 aromatic rings. The minimum atomic E-state index is -0.00131. The zero-order valence-electron chi connectivity index (χ0n) is 16.9. The summed E-state index contributed by atoms with van der Waals surface area (Å²) in [5, 5.41) is 0. The Morgan fingerprint density at radius 1 is 1.14 bits per heavy atom. The fourth-order valence-corrected chi connectivity index (χ4v) is 3.81. The number of aromatic nitrogens is 2. The van der Waals surface area contributed by atoms with Gasteiger partial charge in [0.25, 0.3) is 0 Å². The number of nitrogens with zero attached hydrogens (tertiary/aromatic N) is 5. The number of fused-ring (bicyclic) bond motifs is 1. The van der Waals surface area contributed by atoms with Gasteiger partial charge in [-0.05, 0) is 38.0 Å². The lowest BCUT2D eigenvalue weighted by Gasteiger charge is -2.35. The second kappa shape index (κ2) is 6.83. The van der Waals surface area contributed by atoms with Gasteiger partial charge >= 0.3 is 0 Å². The molecule has 2 aliphatic heterocycles. The maximum Gasteiger partial charge on any atom is 0.222 e. The first kappa shape index (κ1) is 18.1. The second-order valence-electron chi connectivity index (χ2n) is 8.17. The van der Waals surface area contributed by atoms with Crippen LogP contribution in [0.3, 0.4) is 0 Å². The molecule has 3 aliphatic rings. The Morgan fingerprint density at radius 2 is 1.93 bits per heavy atom. The number of hydrogen-bond donors (Lipinski definition) is 0. The van der Waals surface area contributed by atoms with Crippen LogP contribution in [0.15, 0.2) is 35.6 Å². The molecule has 7 nitrogen and oxygen atoms in total. The molecule has 1 saturated heterocycles. The molecule has 0 unspecified atom stereocenters. The molecule has 2 fully saturated rings. The molecule has 1 aromatic heterocycles. The van der Waals surface area contributed by atoms with Gasteiger partial charge in [0.05, 0.1) is 17.1 Å². The lowest BCUT2D eigenvalue weighted by atomic mass is 9.98. The van der Waals surface area contributed by atoms with E-state index in [-0.39, 0.29) is 11.5 Å². The number of carbonyl (C=O) groups excluding carboxylic acids is 1. The van der Waals surface area contributed by atoms with Crippen LogP contribution in [-0.2, 0) is 4.79 Å². The highest BCUT2D eigenvalue weighted by Crippen LogP contribution is 2.42. The highest BCUT2D eigenvalue weighted by atomic mass is 16.5. The third kappa shape index (κ3) is 3.45. The summed E-state index contributed by atoms with van der Waals surface area (Å²) in [5.74, 6) is 1.99. The van der Waals surface area contributed by atoms with E-state index in [1.807, 2.05) is 30.0 Å². The molecular formula is C22H25N5O2. The first-order chi connectivity index (χ1) is 14.0. The van der Waals surface area contributed by atoms with Crippen LogP contribution in [0, 0.1) is 0 Å². The van der Waals surface area contributed by atoms with Crippen molar-refractivity contribution in [3.63, 3.8) is 0 Å². The van der Waals surface area contributed by atoms with Gasteiger partial charge in [-0.3, -0.25) is 4.79 Å². The van der Waals surface area contributed by atoms with E-state index in [2.05, 4.69) is 32.9 Å². The van der Waals surface area contributed by atoms with Gasteiger partial charge in [0.1, 0.15) is 23.5 Å². The molecule has 5 rings (SSSR count). The Labute approximate surface area is 170 Å².